The molecule has 0 bridgehead atoms. The van der Waals surface area contributed by atoms with Gasteiger partial charge in [-0.15, -0.1) is 0 Å². The van der Waals surface area contributed by atoms with Gasteiger partial charge < -0.3 is 19.0 Å². The van der Waals surface area contributed by atoms with Crippen LogP contribution in [-0.2, 0) is 4.74 Å². The molecule has 1 aromatic carbocycles. The molecule has 1 saturated heterocycles. The first-order chi connectivity index (χ1) is 10.2. The van der Waals surface area contributed by atoms with Crippen molar-refractivity contribution in [2.75, 3.05) is 26.3 Å². The van der Waals surface area contributed by atoms with Crippen molar-refractivity contribution in [3.63, 3.8) is 0 Å². The summed E-state index contributed by atoms with van der Waals surface area (Å²) < 4.78 is 10.8. The normalized spacial score (nSPS) is 18.5. The molecule has 21 heavy (non-hydrogen) atoms. The lowest BCUT2D eigenvalue weighted by atomic mass is 10.1. The van der Waals surface area contributed by atoms with Crippen LogP contribution in [0.2, 0.25) is 0 Å². The van der Waals surface area contributed by atoms with Gasteiger partial charge in [0.05, 0.1) is 12.1 Å². The highest BCUT2D eigenvalue weighted by Gasteiger charge is 2.27. The summed E-state index contributed by atoms with van der Waals surface area (Å²) in [6.45, 7) is 4.99. The Morgan fingerprint density at radius 1 is 1.57 bits per heavy atom. The number of hydrogen-bond acceptors (Lipinski definition) is 4. The predicted octanol–water partition coefficient (Wildman–Crippen LogP) is 2.99. The molecule has 1 fully saturated rings. The van der Waals surface area contributed by atoms with E-state index in [1.54, 1.807) is 18.2 Å². The maximum Gasteiger partial charge on any atom is 0.266 e. The van der Waals surface area contributed by atoms with Crippen molar-refractivity contribution >= 4 is 29.2 Å². The van der Waals surface area contributed by atoms with Gasteiger partial charge in [0.15, 0.2) is 5.58 Å². The van der Waals surface area contributed by atoms with Crippen molar-refractivity contribution in [3.05, 3.63) is 28.6 Å². The zero-order valence-corrected chi connectivity index (χ0v) is 12.7. The van der Waals surface area contributed by atoms with Crippen LogP contribution >= 0.6 is 12.2 Å². The number of aromatic amines is 1. The number of nitrogens with one attached hydrogen (secondary N) is 1. The third-order valence-electron chi connectivity index (χ3n) is 3.80. The van der Waals surface area contributed by atoms with Crippen LogP contribution in [-0.4, -0.2) is 42.1 Å². The molecule has 5 nitrogen and oxygen atoms in total. The summed E-state index contributed by atoms with van der Waals surface area (Å²) in [5.74, 6) is 0.494. The molecule has 0 radical (unpaired) electrons. The zero-order valence-electron chi connectivity index (χ0n) is 11.9. The minimum Gasteiger partial charge on any atom is -0.429 e. The second-order valence-electron chi connectivity index (χ2n) is 5.29. The molecular weight excluding hydrogens is 288 g/mol. The van der Waals surface area contributed by atoms with Crippen molar-refractivity contribution in [1.29, 1.82) is 0 Å². The Morgan fingerprint density at radius 2 is 2.43 bits per heavy atom. The van der Waals surface area contributed by atoms with Gasteiger partial charge in [-0.1, -0.05) is 0 Å². The third kappa shape index (κ3) is 3.01. The Morgan fingerprint density at radius 3 is 3.24 bits per heavy atom. The highest BCUT2D eigenvalue weighted by atomic mass is 32.1. The van der Waals surface area contributed by atoms with Gasteiger partial charge in [-0.05, 0) is 43.8 Å². The molecule has 1 aliphatic heterocycles. The molecule has 112 valence electrons. The van der Waals surface area contributed by atoms with E-state index in [9.17, 15) is 4.79 Å². The standard InChI is InChI=1S/C15H18N2O3S/c1-2-19-9-10-5-6-17(8-10)14(18)11-3-4-13-12(7-11)16-15(21)20-13/h3-4,7,10H,2,5-6,8-9H2,1H3,(H,16,21)/t10-/m1/s1. The van der Waals surface area contributed by atoms with Gasteiger partial charge in [0.2, 0.25) is 0 Å². The fourth-order valence-corrected chi connectivity index (χ4v) is 2.91. The average Bonchev–Trinajstić information content (AvgIpc) is 3.08. The molecule has 0 aliphatic carbocycles. The van der Waals surface area contributed by atoms with Crippen LogP contribution < -0.4 is 0 Å². The molecule has 1 amide bonds. The van der Waals surface area contributed by atoms with Gasteiger partial charge in [-0.3, -0.25) is 4.79 Å². The summed E-state index contributed by atoms with van der Waals surface area (Å²) in [6.07, 6.45) is 1.00. The quantitative estimate of drug-likeness (QED) is 0.882. The van der Waals surface area contributed by atoms with Crippen LogP contribution in [0.5, 0.6) is 0 Å². The molecule has 0 unspecified atom stereocenters. The van der Waals surface area contributed by atoms with Crippen molar-refractivity contribution in [2.45, 2.75) is 13.3 Å². The van der Waals surface area contributed by atoms with Gasteiger partial charge in [0.1, 0.15) is 0 Å². The number of nitrogens with zero attached hydrogens (tertiary/aromatic N) is 1. The van der Waals surface area contributed by atoms with Gasteiger partial charge in [0, 0.05) is 31.2 Å². The van der Waals surface area contributed by atoms with Crippen LogP contribution in [0.3, 0.4) is 0 Å². The van der Waals surface area contributed by atoms with Crippen molar-refractivity contribution in [1.82, 2.24) is 9.88 Å². The number of carbonyl (C=O) groups excluding carboxylic acids is 1. The monoisotopic (exact) mass is 306 g/mol. The van der Waals surface area contributed by atoms with E-state index < -0.39 is 0 Å². The van der Waals surface area contributed by atoms with E-state index >= 15 is 0 Å². The van der Waals surface area contributed by atoms with E-state index in [0.29, 0.717) is 21.9 Å². The van der Waals surface area contributed by atoms with E-state index in [1.165, 1.54) is 0 Å². The average molecular weight is 306 g/mol. The van der Waals surface area contributed by atoms with Gasteiger partial charge in [-0.25, -0.2) is 0 Å². The van der Waals surface area contributed by atoms with E-state index in [2.05, 4.69) is 4.98 Å². The highest BCUT2D eigenvalue weighted by Crippen LogP contribution is 2.21. The number of benzene rings is 1. The number of amides is 1. The Balaban J connectivity index is 1.73. The van der Waals surface area contributed by atoms with Gasteiger partial charge in [0.25, 0.3) is 10.7 Å². The lowest BCUT2D eigenvalue weighted by Crippen LogP contribution is -2.29. The second kappa shape index (κ2) is 5.99. The summed E-state index contributed by atoms with van der Waals surface area (Å²) in [5.41, 5.74) is 2.09. The molecule has 2 aromatic rings. The summed E-state index contributed by atoms with van der Waals surface area (Å²) in [4.78, 5) is 17.7. The first-order valence-electron chi connectivity index (χ1n) is 7.17. The van der Waals surface area contributed by atoms with Crippen LogP contribution in [0.1, 0.15) is 23.7 Å². The maximum absolute atomic E-state index is 12.5. The van der Waals surface area contributed by atoms with Crippen molar-refractivity contribution in [3.8, 4) is 0 Å². The minimum atomic E-state index is 0.0522. The first-order valence-corrected chi connectivity index (χ1v) is 7.58. The summed E-state index contributed by atoms with van der Waals surface area (Å²) in [7, 11) is 0. The SMILES string of the molecule is CCOC[C@@H]1CCN(C(=O)c2ccc3oc(=S)[nH]c3c2)C1. The van der Waals surface area contributed by atoms with E-state index in [4.69, 9.17) is 21.4 Å². The highest BCUT2D eigenvalue weighted by molar-refractivity contribution is 7.71. The maximum atomic E-state index is 12.5. The molecule has 1 N–H and O–H groups in total. The number of ether oxygens (including phenoxy) is 1. The number of H-pyrrole nitrogens is 1. The Kier molecular flexibility index (Phi) is 4.07. The first kappa shape index (κ1) is 14.3. The molecule has 0 spiro atoms. The van der Waals surface area contributed by atoms with Crippen LogP contribution in [0.25, 0.3) is 11.1 Å². The van der Waals surface area contributed by atoms with E-state index in [1.807, 2.05) is 11.8 Å². The second-order valence-corrected chi connectivity index (χ2v) is 5.66. The number of likely N-dealkylation sites (tertiary alicyclic amines) is 1. The molecule has 1 aliphatic rings. The number of fused-ring (bicyclic) bond motifs is 1. The summed E-state index contributed by atoms with van der Waals surface area (Å²) in [6, 6.07) is 5.36. The molecular formula is C15H18N2O3S. The number of oxazole rings is 1. The van der Waals surface area contributed by atoms with Crippen molar-refractivity contribution in [2.24, 2.45) is 5.92 Å². The van der Waals surface area contributed by atoms with Crippen molar-refractivity contribution < 1.29 is 13.9 Å². The van der Waals surface area contributed by atoms with Crippen LogP contribution in [0.15, 0.2) is 22.6 Å². The largest absolute Gasteiger partial charge is 0.429 e. The zero-order chi connectivity index (χ0) is 14.8. The topological polar surface area (TPSA) is 58.5 Å². The van der Waals surface area contributed by atoms with E-state index in [-0.39, 0.29) is 5.91 Å². The Bertz CT molecular complexity index is 706. The smallest absolute Gasteiger partial charge is 0.266 e. The molecule has 1 aromatic heterocycles. The van der Waals surface area contributed by atoms with E-state index in [0.717, 1.165) is 38.2 Å². The fraction of sp³-hybridized carbons (Fsp3) is 0.467. The van der Waals surface area contributed by atoms with Gasteiger partial charge in [-0.2, -0.15) is 0 Å². The Hall–Kier alpha value is -1.66. The number of aromatic nitrogens is 1. The van der Waals surface area contributed by atoms with Crippen LogP contribution in [0.4, 0.5) is 0 Å². The predicted molar refractivity (Wildman–Crippen MR) is 81.9 cm³/mol. The summed E-state index contributed by atoms with van der Waals surface area (Å²) in [5, 5.41) is 0. The lowest BCUT2D eigenvalue weighted by Gasteiger charge is -2.16. The number of carbonyl (C=O) groups is 1. The number of hydrogen-bond donors (Lipinski definition) is 1. The minimum absolute atomic E-state index is 0.0522. The molecule has 3 rings (SSSR count). The molecule has 0 saturated carbocycles. The third-order valence-corrected chi connectivity index (χ3v) is 3.98. The molecule has 6 heteroatoms. The van der Waals surface area contributed by atoms with Crippen LogP contribution in [0, 0.1) is 10.8 Å². The molecule has 2 heterocycles. The number of rotatable bonds is 4. The fourth-order valence-electron chi connectivity index (χ4n) is 2.71. The molecule has 1 atom stereocenters. The van der Waals surface area contributed by atoms with Gasteiger partial charge >= 0.3 is 0 Å². The Labute approximate surface area is 127 Å². The summed E-state index contributed by atoms with van der Waals surface area (Å²) >= 11 is 4.95. The lowest BCUT2D eigenvalue weighted by molar-refractivity contribution is 0.0763.